The first-order chi connectivity index (χ1) is 7.09. The SMILES string of the molecule is CC1CN(C(C)C)Cc2cccc(Br)c21. The van der Waals surface area contributed by atoms with Crippen molar-refractivity contribution in [3.63, 3.8) is 0 Å². The summed E-state index contributed by atoms with van der Waals surface area (Å²) in [5.41, 5.74) is 2.99. The molecule has 1 atom stereocenters. The summed E-state index contributed by atoms with van der Waals surface area (Å²) < 4.78 is 1.27. The molecular formula is C13H18BrN. The molecule has 0 spiro atoms. The topological polar surface area (TPSA) is 3.24 Å². The Labute approximate surface area is 101 Å². The maximum Gasteiger partial charge on any atom is 0.0239 e. The monoisotopic (exact) mass is 267 g/mol. The third-order valence-corrected chi connectivity index (χ3v) is 3.94. The molecule has 1 aromatic carbocycles. The number of halogens is 1. The highest BCUT2D eigenvalue weighted by Gasteiger charge is 2.24. The second kappa shape index (κ2) is 4.26. The molecule has 2 rings (SSSR count). The summed E-state index contributed by atoms with van der Waals surface area (Å²) in [7, 11) is 0. The lowest BCUT2D eigenvalue weighted by Crippen LogP contribution is -2.37. The van der Waals surface area contributed by atoms with Crippen molar-refractivity contribution in [3.8, 4) is 0 Å². The Morgan fingerprint density at radius 1 is 1.40 bits per heavy atom. The van der Waals surface area contributed by atoms with Crippen molar-refractivity contribution in [1.29, 1.82) is 0 Å². The largest absolute Gasteiger partial charge is 0.296 e. The highest BCUT2D eigenvalue weighted by molar-refractivity contribution is 9.10. The van der Waals surface area contributed by atoms with Gasteiger partial charge in [-0.3, -0.25) is 4.90 Å². The van der Waals surface area contributed by atoms with E-state index >= 15 is 0 Å². The first-order valence-corrected chi connectivity index (χ1v) is 6.40. The summed E-state index contributed by atoms with van der Waals surface area (Å²) in [6.07, 6.45) is 0. The molecule has 82 valence electrons. The number of benzene rings is 1. The normalized spacial score (nSPS) is 21.8. The lowest BCUT2D eigenvalue weighted by Gasteiger charge is -2.36. The molecule has 1 aromatic rings. The molecule has 1 aliphatic rings. The van der Waals surface area contributed by atoms with Gasteiger partial charge in [-0.1, -0.05) is 35.0 Å². The summed E-state index contributed by atoms with van der Waals surface area (Å²) in [4.78, 5) is 2.54. The molecule has 1 aliphatic heterocycles. The van der Waals surface area contributed by atoms with Crippen LogP contribution in [0.3, 0.4) is 0 Å². The van der Waals surface area contributed by atoms with E-state index in [-0.39, 0.29) is 0 Å². The van der Waals surface area contributed by atoms with Crippen LogP contribution in [-0.2, 0) is 6.54 Å². The van der Waals surface area contributed by atoms with Gasteiger partial charge in [0.15, 0.2) is 0 Å². The second-order valence-corrected chi connectivity index (χ2v) is 5.59. The quantitative estimate of drug-likeness (QED) is 0.749. The third-order valence-electron chi connectivity index (χ3n) is 3.25. The van der Waals surface area contributed by atoms with Gasteiger partial charge in [0.05, 0.1) is 0 Å². The van der Waals surface area contributed by atoms with Crippen LogP contribution in [0, 0.1) is 0 Å². The van der Waals surface area contributed by atoms with Crippen LogP contribution in [0.4, 0.5) is 0 Å². The molecule has 0 saturated heterocycles. The Hall–Kier alpha value is -0.340. The molecule has 1 unspecified atom stereocenters. The minimum atomic E-state index is 0.631. The van der Waals surface area contributed by atoms with Crippen molar-refractivity contribution in [3.05, 3.63) is 33.8 Å². The summed E-state index contributed by atoms with van der Waals surface area (Å²) in [6, 6.07) is 7.19. The molecule has 0 radical (unpaired) electrons. The van der Waals surface area contributed by atoms with Crippen molar-refractivity contribution >= 4 is 15.9 Å². The molecular weight excluding hydrogens is 250 g/mol. The van der Waals surface area contributed by atoms with Gasteiger partial charge in [-0.2, -0.15) is 0 Å². The Kier molecular flexibility index (Phi) is 3.17. The van der Waals surface area contributed by atoms with E-state index < -0.39 is 0 Å². The van der Waals surface area contributed by atoms with Crippen molar-refractivity contribution in [2.75, 3.05) is 6.54 Å². The van der Waals surface area contributed by atoms with Gasteiger partial charge in [-0.15, -0.1) is 0 Å². The summed E-state index contributed by atoms with van der Waals surface area (Å²) in [5, 5.41) is 0. The lowest BCUT2D eigenvalue weighted by atomic mass is 9.90. The van der Waals surface area contributed by atoms with Crippen LogP contribution in [-0.4, -0.2) is 17.5 Å². The van der Waals surface area contributed by atoms with E-state index in [1.165, 1.54) is 22.1 Å². The van der Waals surface area contributed by atoms with Crippen LogP contribution >= 0.6 is 15.9 Å². The Bertz CT molecular complexity index is 360. The molecule has 0 amide bonds. The van der Waals surface area contributed by atoms with E-state index in [1.54, 1.807) is 0 Å². The van der Waals surface area contributed by atoms with Crippen LogP contribution in [0.5, 0.6) is 0 Å². The maximum atomic E-state index is 3.66. The highest BCUT2D eigenvalue weighted by Crippen LogP contribution is 2.34. The summed E-state index contributed by atoms with van der Waals surface area (Å²) in [5.74, 6) is 0.631. The molecule has 1 heterocycles. The zero-order chi connectivity index (χ0) is 11.0. The first kappa shape index (κ1) is 11.2. The Morgan fingerprint density at radius 3 is 2.80 bits per heavy atom. The van der Waals surface area contributed by atoms with Crippen LogP contribution in [0.15, 0.2) is 22.7 Å². The fourth-order valence-electron chi connectivity index (χ4n) is 2.39. The molecule has 15 heavy (non-hydrogen) atoms. The maximum absolute atomic E-state index is 3.66. The first-order valence-electron chi connectivity index (χ1n) is 5.61. The van der Waals surface area contributed by atoms with E-state index in [0.717, 1.165) is 6.54 Å². The Morgan fingerprint density at radius 2 is 2.13 bits per heavy atom. The second-order valence-electron chi connectivity index (χ2n) is 4.74. The number of rotatable bonds is 1. The molecule has 0 aliphatic carbocycles. The van der Waals surface area contributed by atoms with Crippen LogP contribution in [0.25, 0.3) is 0 Å². The standard InChI is InChI=1S/C13H18BrN/c1-9(2)15-7-10(3)13-11(8-15)5-4-6-12(13)14/h4-6,9-10H,7-8H2,1-3H3. The van der Waals surface area contributed by atoms with E-state index in [9.17, 15) is 0 Å². The van der Waals surface area contributed by atoms with Crippen LogP contribution in [0.1, 0.15) is 37.8 Å². The molecule has 1 nitrogen and oxygen atoms in total. The van der Waals surface area contributed by atoms with Gasteiger partial charge in [0, 0.05) is 23.6 Å². The smallest absolute Gasteiger partial charge is 0.0239 e. The van der Waals surface area contributed by atoms with Gasteiger partial charge in [0.25, 0.3) is 0 Å². The minimum Gasteiger partial charge on any atom is -0.296 e. The van der Waals surface area contributed by atoms with Gasteiger partial charge >= 0.3 is 0 Å². The summed E-state index contributed by atoms with van der Waals surface area (Å²) in [6.45, 7) is 9.13. The fraction of sp³-hybridized carbons (Fsp3) is 0.538. The van der Waals surface area contributed by atoms with Gasteiger partial charge in [-0.25, -0.2) is 0 Å². The molecule has 0 saturated carbocycles. The molecule has 0 fully saturated rings. The number of fused-ring (bicyclic) bond motifs is 1. The van der Waals surface area contributed by atoms with Gasteiger partial charge < -0.3 is 0 Å². The number of nitrogens with zero attached hydrogens (tertiary/aromatic N) is 1. The van der Waals surface area contributed by atoms with Gasteiger partial charge in [0.2, 0.25) is 0 Å². The zero-order valence-electron chi connectivity index (χ0n) is 9.63. The van der Waals surface area contributed by atoms with Crippen molar-refractivity contribution in [1.82, 2.24) is 4.90 Å². The van der Waals surface area contributed by atoms with Gasteiger partial charge in [-0.05, 0) is 37.0 Å². The molecule has 0 N–H and O–H groups in total. The van der Waals surface area contributed by atoms with E-state index in [0.29, 0.717) is 12.0 Å². The number of hydrogen-bond acceptors (Lipinski definition) is 1. The predicted octanol–water partition coefficient (Wildman–Crippen LogP) is 3.78. The molecule has 0 aromatic heterocycles. The predicted molar refractivity (Wildman–Crippen MR) is 68.1 cm³/mol. The highest BCUT2D eigenvalue weighted by atomic mass is 79.9. The van der Waals surface area contributed by atoms with Crippen molar-refractivity contribution in [2.24, 2.45) is 0 Å². The van der Waals surface area contributed by atoms with Crippen molar-refractivity contribution in [2.45, 2.75) is 39.3 Å². The lowest BCUT2D eigenvalue weighted by molar-refractivity contribution is 0.187. The Balaban J connectivity index is 2.36. The zero-order valence-corrected chi connectivity index (χ0v) is 11.2. The van der Waals surface area contributed by atoms with Gasteiger partial charge in [0.1, 0.15) is 0 Å². The summed E-state index contributed by atoms with van der Waals surface area (Å²) >= 11 is 3.66. The fourth-order valence-corrected chi connectivity index (χ4v) is 3.19. The average molecular weight is 268 g/mol. The van der Waals surface area contributed by atoms with E-state index in [1.807, 2.05) is 0 Å². The molecule has 0 bridgehead atoms. The van der Waals surface area contributed by atoms with E-state index in [2.05, 4.69) is 59.8 Å². The minimum absolute atomic E-state index is 0.631. The van der Waals surface area contributed by atoms with E-state index in [4.69, 9.17) is 0 Å². The molecule has 2 heteroatoms. The number of hydrogen-bond donors (Lipinski definition) is 0. The van der Waals surface area contributed by atoms with Crippen LogP contribution < -0.4 is 0 Å². The third kappa shape index (κ3) is 2.11. The van der Waals surface area contributed by atoms with Crippen LogP contribution in [0.2, 0.25) is 0 Å². The van der Waals surface area contributed by atoms with Crippen molar-refractivity contribution < 1.29 is 0 Å². The average Bonchev–Trinajstić information content (AvgIpc) is 2.17.